The van der Waals surface area contributed by atoms with Gasteiger partial charge >= 0.3 is 34.1 Å². The summed E-state index contributed by atoms with van der Waals surface area (Å²) in [4.78, 5) is 168. The van der Waals surface area contributed by atoms with Crippen LogP contribution in [0.1, 0.15) is 158 Å². The van der Waals surface area contributed by atoms with Gasteiger partial charge in [0.2, 0.25) is 0 Å². The van der Waals surface area contributed by atoms with E-state index in [2.05, 4.69) is 29.9 Å². The highest BCUT2D eigenvalue weighted by Crippen LogP contribution is 2.45. The van der Waals surface area contributed by atoms with Gasteiger partial charge in [0.25, 0.3) is 83.9 Å². The molecule has 0 spiro atoms. The van der Waals surface area contributed by atoms with E-state index in [9.17, 15) is 105 Å². The Hall–Kier alpha value is -11.2. The SMILES string of the molecule is COc1ccc(C(OC[C@H]2O[C@@H](n3cc(C)c(=O)[nH]c3=O)C[C@@H]2OS(=O)(=O)CC[C@H]2O[C@@H](n3cc(C)c(=O)[nH]c3=O)C[C@@H]2OS(=O)(=O)CC[C@H]2O[C@@H](n3cc(C)c(=O)[nH]c3=O)C[C@@H]2OS(=O)(=O)CC[C@H]2O[C@@H](n3cc(C)c(=O)[nH]c3=O)C[C@@H]2OS(=O)(=O)CC[C@H]2O[C@@H](n3cc(C)c(=O)[nH]c3=O)C[C@@H]2OS(=O)(=O)CC[C@H]2O[C@@H](n3cc(C)c(=O)[nH]c3=O)C[C@@H]2O)(c2ccccc2)c2ccccc2)cc1. The maximum Gasteiger partial charge on any atom is 0.330 e. The highest BCUT2D eigenvalue weighted by molar-refractivity contribution is 7.87. The van der Waals surface area contributed by atoms with Gasteiger partial charge in [0, 0.05) is 109 Å². The number of nitrogens with one attached hydrogen (secondary N) is 6. The van der Waals surface area contributed by atoms with Crippen molar-refractivity contribution in [1.29, 1.82) is 0 Å². The predicted octanol–water partition coefficient (Wildman–Crippen LogP) is -0.233. The molecular weight excluding hydrogens is 1930 g/mol. The van der Waals surface area contributed by atoms with Crippen molar-refractivity contribution in [3.8, 4) is 5.75 Å². The monoisotopic (exact) mass is 2020 g/mol. The van der Waals surface area contributed by atoms with E-state index in [4.69, 9.17) is 58.8 Å². The van der Waals surface area contributed by atoms with Gasteiger partial charge in [0.1, 0.15) is 85.3 Å². The average molecular weight is 2030 g/mol. The molecule has 53 heteroatoms. The van der Waals surface area contributed by atoms with Crippen molar-refractivity contribution in [1.82, 2.24) is 57.3 Å². The number of aliphatic hydroxyl groups excluding tert-OH is 1. The second-order valence-electron chi connectivity index (χ2n) is 34.5. The van der Waals surface area contributed by atoms with E-state index < -0.39 is 327 Å². The van der Waals surface area contributed by atoms with Crippen molar-refractivity contribution in [2.24, 2.45) is 0 Å². The molecule has 7 N–H and O–H groups in total. The molecule has 0 aliphatic carbocycles. The fourth-order valence-corrected chi connectivity index (χ4v) is 23.6. The van der Waals surface area contributed by atoms with Gasteiger partial charge in [-0.2, -0.15) is 42.1 Å². The summed E-state index contributed by atoms with van der Waals surface area (Å²) in [6.45, 7) is 7.79. The van der Waals surface area contributed by atoms with E-state index in [1.54, 1.807) is 60.7 Å². The lowest BCUT2D eigenvalue weighted by Crippen LogP contribution is -2.39. The van der Waals surface area contributed by atoms with Gasteiger partial charge in [-0.05, 0) is 102 Å². The van der Waals surface area contributed by atoms with Crippen LogP contribution in [0.3, 0.4) is 0 Å². The van der Waals surface area contributed by atoms with Gasteiger partial charge in [-0.15, -0.1) is 0 Å². The summed E-state index contributed by atoms with van der Waals surface area (Å²) >= 11 is 0. The Labute approximate surface area is 783 Å². The number of aryl methyl sites for hydroxylation is 6. The fourth-order valence-electron chi connectivity index (χ4n) is 17.6. The van der Waals surface area contributed by atoms with Gasteiger partial charge in [-0.3, -0.25) is 107 Å². The lowest BCUT2D eigenvalue weighted by Gasteiger charge is -2.37. The first-order valence-corrected chi connectivity index (χ1v) is 51.6. The molecule has 15 rings (SSSR count). The Bertz CT molecular complexity index is 7420. The zero-order chi connectivity index (χ0) is 99.2. The third-order valence-corrected chi connectivity index (χ3v) is 31.2. The van der Waals surface area contributed by atoms with Gasteiger partial charge in [-0.25, -0.2) is 28.8 Å². The molecule has 6 aliphatic rings. The van der Waals surface area contributed by atoms with Crippen molar-refractivity contribution in [3.05, 3.63) is 297 Å². The number of hydrogen-bond donors (Lipinski definition) is 7. The minimum Gasteiger partial charge on any atom is -0.497 e. The van der Waals surface area contributed by atoms with Gasteiger partial charge in [0.05, 0.1) is 79.1 Å². The summed E-state index contributed by atoms with van der Waals surface area (Å²) in [6.07, 6.45) is -25.9. The van der Waals surface area contributed by atoms with E-state index in [0.29, 0.717) is 22.4 Å². The first kappa shape index (κ1) is 101. The molecule has 6 aliphatic heterocycles. The van der Waals surface area contributed by atoms with E-state index in [-0.39, 0.29) is 46.2 Å². The molecule has 9 aromatic rings. The van der Waals surface area contributed by atoms with Crippen LogP contribution >= 0.6 is 0 Å². The second kappa shape index (κ2) is 40.9. The quantitative estimate of drug-likeness (QED) is 0.0194. The Kier molecular flexibility index (Phi) is 30.0. The first-order valence-electron chi connectivity index (χ1n) is 43.7. The molecule has 6 saturated heterocycles. The number of aromatic nitrogens is 12. The second-order valence-corrected chi connectivity index (χ2v) is 43.1. The number of nitrogens with zero attached hydrogens (tertiary/aromatic N) is 6. The first-order chi connectivity index (χ1) is 65.2. The lowest BCUT2D eigenvalue weighted by atomic mass is 9.80. The number of hydrogen-bond acceptors (Lipinski definition) is 36. The summed E-state index contributed by atoms with van der Waals surface area (Å²) < 4.78 is 230. The highest BCUT2D eigenvalue weighted by Gasteiger charge is 2.50. The largest absolute Gasteiger partial charge is 0.497 e. The van der Waals surface area contributed by atoms with Crippen LogP contribution in [-0.4, -0.2) is 220 Å². The number of aliphatic hydroxyl groups is 1. The maximum absolute atomic E-state index is 14.8. The van der Waals surface area contributed by atoms with E-state index in [1.807, 2.05) is 24.3 Å². The Balaban J connectivity index is 0.648. The van der Waals surface area contributed by atoms with Gasteiger partial charge < -0.3 is 43.0 Å². The number of methoxy groups -OCH3 is 1. The van der Waals surface area contributed by atoms with Crippen LogP contribution in [0.25, 0.3) is 0 Å². The summed E-state index contributed by atoms with van der Waals surface area (Å²) in [5.74, 6) is -4.55. The minimum absolute atomic E-state index is 0.00414. The van der Waals surface area contributed by atoms with E-state index >= 15 is 0 Å². The van der Waals surface area contributed by atoms with Crippen LogP contribution in [-0.2, 0) is 110 Å². The summed E-state index contributed by atoms with van der Waals surface area (Å²) in [7, 11) is -23.2. The molecule has 0 radical (unpaired) electrons. The molecule has 18 atom stereocenters. The molecule has 746 valence electrons. The highest BCUT2D eigenvalue weighted by atomic mass is 32.2. The molecule has 0 bridgehead atoms. The predicted molar refractivity (Wildman–Crippen MR) is 482 cm³/mol. The molecule has 3 aromatic carbocycles. The van der Waals surface area contributed by atoms with Crippen molar-refractivity contribution in [2.75, 3.05) is 42.5 Å². The van der Waals surface area contributed by atoms with Gasteiger partial charge in [0.15, 0.2) is 0 Å². The fraction of sp³-hybridized carbons (Fsp3) is 0.506. The van der Waals surface area contributed by atoms with Crippen molar-refractivity contribution >= 4 is 50.6 Å². The van der Waals surface area contributed by atoms with Crippen molar-refractivity contribution in [2.45, 2.75) is 228 Å². The zero-order valence-corrected chi connectivity index (χ0v) is 79.0. The molecule has 0 saturated carbocycles. The third-order valence-electron chi connectivity index (χ3n) is 24.8. The Morgan fingerprint density at radius 1 is 0.312 bits per heavy atom. The zero-order valence-electron chi connectivity index (χ0n) is 74.9. The maximum atomic E-state index is 14.8. The van der Waals surface area contributed by atoms with Crippen LogP contribution in [0.15, 0.2) is 180 Å². The third kappa shape index (κ3) is 23.1. The number of aromatic amines is 6. The smallest absolute Gasteiger partial charge is 0.330 e. The number of H-pyrrole nitrogens is 6. The molecule has 48 nitrogen and oxygen atoms in total. The molecule has 12 heterocycles. The summed E-state index contributed by atoms with van der Waals surface area (Å²) in [5, 5.41) is 11.0. The normalized spacial score (nSPS) is 25.4. The Morgan fingerprint density at radius 3 is 0.783 bits per heavy atom. The molecular formula is C85H100N12O36S5. The van der Waals surface area contributed by atoms with Crippen LogP contribution in [0.5, 0.6) is 5.75 Å². The van der Waals surface area contributed by atoms with Crippen LogP contribution in [0.2, 0.25) is 0 Å². The summed E-state index contributed by atoms with van der Waals surface area (Å²) in [6, 6.07) is 25.2. The van der Waals surface area contributed by atoms with Crippen LogP contribution in [0.4, 0.5) is 0 Å². The van der Waals surface area contributed by atoms with E-state index in [0.717, 1.165) is 52.2 Å². The molecule has 138 heavy (non-hydrogen) atoms. The molecule has 0 amide bonds. The summed E-state index contributed by atoms with van der Waals surface area (Å²) in [5.41, 5.74) is -9.93. The molecule has 6 aromatic heterocycles. The average Bonchev–Trinajstić information content (AvgIpc) is 0.892. The van der Waals surface area contributed by atoms with Crippen LogP contribution < -0.4 is 72.2 Å². The van der Waals surface area contributed by atoms with Crippen molar-refractivity contribution in [3.63, 3.8) is 0 Å². The minimum atomic E-state index is -5.05. The van der Waals surface area contributed by atoms with Crippen LogP contribution in [0, 0.1) is 41.5 Å². The van der Waals surface area contributed by atoms with E-state index in [1.165, 1.54) is 61.0 Å². The Morgan fingerprint density at radius 2 is 0.529 bits per heavy atom. The number of benzene rings is 3. The van der Waals surface area contributed by atoms with Gasteiger partial charge in [-0.1, -0.05) is 72.8 Å². The molecule has 0 unspecified atom stereocenters. The van der Waals surface area contributed by atoms with Crippen molar-refractivity contribution < 1.29 is 106 Å². The number of rotatable bonds is 38. The standard InChI is InChI=1S/C85H100N12O36S5/c1-45-38-92(79(105)86-73(45)99)67-32-55(98)56(123-67)22-27-134(111,112)129-61-33-68(93-39-46(2)74(100)87-80(93)106)124-57(61)23-28-135(113,114)130-62-34-69(94-40-47(3)75(101)88-81(94)107)125-58(62)24-29-136(115,116)131-63-35-70(95-41-48(4)76(102)89-82(95)108)126-59(63)25-30-137(117,118)132-64-36-71(96-42-49(5)77(103)90-83(96)109)127-60(64)26-31-138(119,120)133-65-37-72(97-43-50(6)78(104)91-84(97)110)128-66(65)44-122-85(51-14-10-8-11-15-51,52-16-12-9-13-17-52)53-18-20-54(121-7)21-19-53/h8-21,38-43,55-72,98H,22-37,44H2,1-7H3,(H,86,99,105)(H,87,100,106)(H,88,101,107)(H,89,102,108)(H,90,103,109)(H,91,104,110)/t55-,56+,57+,58+,59+,60+,61-,62-,63-,64-,65-,66+,67+,68+,69+,70+,71+,72+/m0/s1. The topological polar surface area (TPSA) is 640 Å². The number of ether oxygens (including phenoxy) is 8. The lowest BCUT2D eigenvalue weighted by molar-refractivity contribution is -0.0911. The molecule has 6 fully saturated rings.